The number of rotatable bonds is 5. The first-order chi connectivity index (χ1) is 8.48. The monoisotopic (exact) mass is 282 g/mol. The summed E-state index contributed by atoms with van der Waals surface area (Å²) >= 11 is 1.72. The van der Waals surface area contributed by atoms with E-state index in [0.717, 1.165) is 0 Å². The van der Waals surface area contributed by atoms with E-state index in [1.807, 2.05) is 33.8 Å². The van der Waals surface area contributed by atoms with Crippen molar-refractivity contribution in [3.63, 3.8) is 0 Å². The zero-order chi connectivity index (χ0) is 14.9. The Labute approximate surface area is 120 Å². The van der Waals surface area contributed by atoms with E-state index in [4.69, 9.17) is 5.73 Å². The Bertz CT molecular complexity index is 427. The van der Waals surface area contributed by atoms with Gasteiger partial charge in [0.05, 0.1) is 5.41 Å². The van der Waals surface area contributed by atoms with Crippen molar-refractivity contribution in [3.8, 4) is 0 Å². The molecular formula is C15H26N2OS. The van der Waals surface area contributed by atoms with Crippen molar-refractivity contribution < 1.29 is 4.79 Å². The molecule has 1 rings (SSSR count). The van der Waals surface area contributed by atoms with Crippen LogP contribution in [-0.2, 0) is 10.2 Å². The molecule has 0 saturated heterocycles. The summed E-state index contributed by atoms with van der Waals surface area (Å²) in [6, 6.07) is 4.14. The predicted molar refractivity (Wildman–Crippen MR) is 82.4 cm³/mol. The third kappa shape index (κ3) is 3.57. The lowest BCUT2D eigenvalue weighted by Gasteiger charge is -2.38. The Morgan fingerprint density at radius 1 is 1.26 bits per heavy atom. The minimum atomic E-state index is -0.599. The van der Waals surface area contributed by atoms with E-state index in [9.17, 15) is 4.79 Å². The van der Waals surface area contributed by atoms with Gasteiger partial charge < -0.3 is 11.1 Å². The molecule has 0 unspecified atom stereocenters. The number of carbonyl (C=O) groups is 1. The van der Waals surface area contributed by atoms with Crippen molar-refractivity contribution in [2.75, 3.05) is 6.54 Å². The van der Waals surface area contributed by atoms with E-state index in [1.165, 1.54) is 4.88 Å². The molecule has 0 fully saturated rings. The molecule has 4 heteroatoms. The van der Waals surface area contributed by atoms with Gasteiger partial charge in [0.1, 0.15) is 0 Å². The van der Waals surface area contributed by atoms with Crippen LogP contribution in [0.1, 0.15) is 46.4 Å². The van der Waals surface area contributed by atoms with Crippen LogP contribution in [0.15, 0.2) is 17.5 Å². The van der Waals surface area contributed by atoms with Gasteiger partial charge in [-0.25, -0.2) is 0 Å². The highest BCUT2D eigenvalue weighted by Crippen LogP contribution is 2.30. The Morgan fingerprint density at radius 3 is 2.26 bits per heavy atom. The lowest BCUT2D eigenvalue weighted by Crippen LogP contribution is -2.56. The average Bonchev–Trinajstić information content (AvgIpc) is 2.78. The molecule has 0 aliphatic rings. The molecule has 0 radical (unpaired) electrons. The van der Waals surface area contributed by atoms with Gasteiger partial charge in [0.15, 0.2) is 0 Å². The fourth-order valence-electron chi connectivity index (χ4n) is 1.57. The number of hydrogen-bond donors (Lipinski definition) is 2. The maximum atomic E-state index is 12.3. The number of hydrogen-bond acceptors (Lipinski definition) is 3. The molecule has 1 heterocycles. The zero-order valence-corrected chi connectivity index (χ0v) is 13.6. The topological polar surface area (TPSA) is 55.1 Å². The fourth-order valence-corrected chi connectivity index (χ4v) is 2.42. The van der Waals surface area contributed by atoms with Crippen LogP contribution in [0.2, 0.25) is 0 Å². The summed E-state index contributed by atoms with van der Waals surface area (Å²) in [6.45, 7) is 12.4. The summed E-state index contributed by atoms with van der Waals surface area (Å²) in [5.74, 6) is 0.00429. The smallest absolute Gasteiger partial charge is 0.227 e. The van der Waals surface area contributed by atoms with Crippen molar-refractivity contribution >= 4 is 17.2 Å². The van der Waals surface area contributed by atoms with Crippen LogP contribution in [0.25, 0.3) is 0 Å². The molecule has 1 aromatic rings. The first kappa shape index (κ1) is 16.2. The van der Waals surface area contributed by atoms with Crippen molar-refractivity contribution in [1.82, 2.24) is 5.32 Å². The van der Waals surface area contributed by atoms with Gasteiger partial charge in [0, 0.05) is 22.4 Å². The van der Waals surface area contributed by atoms with Crippen LogP contribution in [0.3, 0.4) is 0 Å². The maximum Gasteiger partial charge on any atom is 0.227 e. The van der Waals surface area contributed by atoms with Crippen molar-refractivity contribution in [2.45, 2.75) is 52.5 Å². The third-order valence-electron chi connectivity index (χ3n) is 4.06. The molecule has 1 aromatic heterocycles. The molecule has 0 bridgehead atoms. The van der Waals surface area contributed by atoms with Gasteiger partial charge in [-0.2, -0.15) is 0 Å². The van der Waals surface area contributed by atoms with E-state index < -0.39 is 11.0 Å². The van der Waals surface area contributed by atoms with Crippen molar-refractivity contribution in [2.24, 2.45) is 11.1 Å². The molecular weight excluding hydrogens is 256 g/mol. The number of nitrogens with two attached hydrogens (primary N) is 1. The van der Waals surface area contributed by atoms with E-state index in [1.54, 1.807) is 11.3 Å². The second-order valence-electron chi connectivity index (χ2n) is 6.89. The van der Waals surface area contributed by atoms with Crippen LogP contribution < -0.4 is 11.1 Å². The number of amides is 1. The summed E-state index contributed by atoms with van der Waals surface area (Å²) in [5, 5.41) is 5.11. The highest BCUT2D eigenvalue weighted by molar-refractivity contribution is 7.10. The van der Waals surface area contributed by atoms with Gasteiger partial charge >= 0.3 is 0 Å². The molecule has 0 spiro atoms. The first-order valence-electron chi connectivity index (χ1n) is 6.60. The van der Waals surface area contributed by atoms with Gasteiger partial charge in [-0.15, -0.1) is 11.3 Å². The summed E-state index contributed by atoms with van der Waals surface area (Å²) in [4.78, 5) is 13.6. The SMILES string of the molecule is CC(C)(CNC(=O)C(C)(C)C(C)(C)N)c1cccs1. The molecule has 1 amide bonds. The van der Waals surface area contributed by atoms with Crippen LogP contribution in [0.4, 0.5) is 0 Å². The predicted octanol–water partition coefficient (Wildman–Crippen LogP) is 2.91. The summed E-state index contributed by atoms with van der Waals surface area (Å²) in [6.07, 6.45) is 0. The van der Waals surface area contributed by atoms with Gasteiger partial charge in [0.25, 0.3) is 0 Å². The largest absolute Gasteiger partial charge is 0.355 e. The Kier molecular flexibility index (Phi) is 4.47. The fraction of sp³-hybridized carbons (Fsp3) is 0.667. The number of thiophene rings is 1. The first-order valence-corrected chi connectivity index (χ1v) is 7.47. The summed E-state index contributed by atoms with van der Waals surface area (Å²) in [7, 11) is 0. The van der Waals surface area contributed by atoms with Gasteiger partial charge in [-0.05, 0) is 39.1 Å². The molecule has 3 nitrogen and oxygen atoms in total. The molecule has 0 aromatic carbocycles. The van der Waals surface area contributed by atoms with Crippen molar-refractivity contribution in [3.05, 3.63) is 22.4 Å². The maximum absolute atomic E-state index is 12.3. The Morgan fingerprint density at radius 2 is 1.84 bits per heavy atom. The van der Waals surface area contributed by atoms with Crippen LogP contribution >= 0.6 is 11.3 Å². The highest BCUT2D eigenvalue weighted by atomic mass is 32.1. The summed E-state index contributed by atoms with van der Waals surface area (Å²) < 4.78 is 0. The molecule has 3 N–H and O–H groups in total. The lowest BCUT2D eigenvalue weighted by molar-refractivity contribution is -0.132. The van der Waals surface area contributed by atoms with E-state index >= 15 is 0 Å². The number of carbonyl (C=O) groups excluding carboxylic acids is 1. The van der Waals surface area contributed by atoms with Crippen LogP contribution in [0, 0.1) is 5.41 Å². The second kappa shape index (κ2) is 5.25. The van der Waals surface area contributed by atoms with E-state index in [-0.39, 0.29) is 11.3 Å². The molecule has 19 heavy (non-hydrogen) atoms. The standard InChI is InChI=1S/C15H26N2OS/c1-13(2,11-8-7-9-19-11)10-17-12(18)14(3,4)15(5,6)16/h7-9H,10,16H2,1-6H3,(H,17,18). The molecule has 0 aliphatic carbocycles. The molecule has 0 atom stereocenters. The van der Waals surface area contributed by atoms with Crippen molar-refractivity contribution in [1.29, 1.82) is 0 Å². The normalized spacial score (nSPS) is 13.4. The van der Waals surface area contributed by atoms with Crippen LogP contribution in [-0.4, -0.2) is 18.0 Å². The zero-order valence-electron chi connectivity index (χ0n) is 12.8. The summed E-state index contributed by atoms with van der Waals surface area (Å²) in [5.41, 5.74) is 4.88. The van der Waals surface area contributed by atoms with Gasteiger partial charge in [0.2, 0.25) is 5.91 Å². The number of nitrogens with one attached hydrogen (secondary N) is 1. The molecule has 0 saturated carbocycles. The second-order valence-corrected chi connectivity index (χ2v) is 7.84. The Balaban J connectivity index is 2.70. The molecule has 108 valence electrons. The quantitative estimate of drug-likeness (QED) is 0.872. The third-order valence-corrected chi connectivity index (χ3v) is 5.29. The minimum absolute atomic E-state index is 0.00429. The van der Waals surface area contributed by atoms with Gasteiger partial charge in [-0.3, -0.25) is 4.79 Å². The van der Waals surface area contributed by atoms with Crippen LogP contribution in [0.5, 0.6) is 0 Å². The van der Waals surface area contributed by atoms with E-state index in [2.05, 4.69) is 30.6 Å². The minimum Gasteiger partial charge on any atom is -0.355 e. The Hall–Kier alpha value is -0.870. The molecule has 0 aliphatic heterocycles. The van der Waals surface area contributed by atoms with E-state index in [0.29, 0.717) is 6.54 Å². The average molecular weight is 282 g/mol. The lowest BCUT2D eigenvalue weighted by atomic mass is 9.74. The highest BCUT2D eigenvalue weighted by Gasteiger charge is 2.40. The van der Waals surface area contributed by atoms with Gasteiger partial charge in [-0.1, -0.05) is 19.9 Å².